The van der Waals surface area contributed by atoms with Crippen molar-refractivity contribution in [3.8, 4) is 55.9 Å². The van der Waals surface area contributed by atoms with E-state index in [1.54, 1.807) is 0 Å². The smallest absolute Gasteiger partial charge is 0.136 e. The van der Waals surface area contributed by atoms with Crippen molar-refractivity contribution in [3.05, 3.63) is 315 Å². The van der Waals surface area contributed by atoms with Crippen LogP contribution in [0.5, 0.6) is 0 Å². The lowest BCUT2D eigenvalue weighted by Gasteiger charge is -2.18. The second-order valence-electron chi connectivity index (χ2n) is 24.9. The Kier molecular flexibility index (Phi) is 12.4. The van der Waals surface area contributed by atoms with Gasteiger partial charge in [-0.15, -0.1) is 0 Å². The van der Waals surface area contributed by atoms with Crippen molar-refractivity contribution in [3.63, 3.8) is 0 Å². The van der Waals surface area contributed by atoms with Gasteiger partial charge in [0.15, 0.2) is 0 Å². The van der Waals surface area contributed by atoms with Crippen molar-refractivity contribution in [2.75, 3.05) is 0 Å². The molecular weight excluding hydrogens is 1160 g/mol. The van der Waals surface area contributed by atoms with E-state index in [-0.39, 0.29) is 0 Å². The highest BCUT2D eigenvalue weighted by atomic mass is 16.3. The number of rotatable bonds is 7. The summed E-state index contributed by atoms with van der Waals surface area (Å²) in [6, 6.07) is 109. The highest BCUT2D eigenvalue weighted by Gasteiger charge is 2.22. The largest absolute Gasteiger partial charge is 0.456 e. The second-order valence-corrected chi connectivity index (χ2v) is 24.9. The van der Waals surface area contributed by atoms with Gasteiger partial charge >= 0.3 is 0 Å². The molecule has 0 bridgehead atoms. The number of imidazole rings is 2. The van der Waals surface area contributed by atoms with Gasteiger partial charge in [-0.05, 0) is 201 Å². The molecule has 0 saturated carbocycles. The fourth-order valence-corrected chi connectivity index (χ4v) is 15.5. The summed E-state index contributed by atoms with van der Waals surface area (Å²) in [5.41, 5.74) is 20.0. The van der Waals surface area contributed by atoms with Crippen molar-refractivity contribution in [2.45, 2.75) is 20.3 Å². The minimum Gasteiger partial charge on any atom is -0.456 e. The zero-order chi connectivity index (χ0) is 62.8. The van der Waals surface area contributed by atoms with Crippen LogP contribution in [0, 0.1) is 6.92 Å². The molecule has 6 heteroatoms. The SMILES string of the molecule is CCc1nc2ccccc2n1-c1ccc(-c2c3ccccc3c(-c3ccc4ccc5oc6ccccc6c5c4c3)c3ccccc23)cc1.Cc1nc2ccccc2n1-c1ccc(-c2c3ccccc3c(-c3ccc4ccc5oc6ccccc6c5c4c3)c3ccccc23)cc1. The van der Waals surface area contributed by atoms with Gasteiger partial charge in [0.05, 0.1) is 22.1 Å². The Labute approximate surface area is 546 Å². The number of benzene rings is 16. The Morgan fingerprint density at radius 3 is 1.03 bits per heavy atom. The van der Waals surface area contributed by atoms with Crippen LogP contribution in [0.3, 0.4) is 0 Å². The van der Waals surface area contributed by atoms with Crippen LogP contribution in [0.1, 0.15) is 18.6 Å². The Bertz CT molecular complexity index is 6410. The van der Waals surface area contributed by atoms with Crippen molar-refractivity contribution in [1.29, 1.82) is 0 Å². The van der Waals surface area contributed by atoms with Gasteiger partial charge in [0.2, 0.25) is 0 Å². The van der Waals surface area contributed by atoms with E-state index in [1.165, 1.54) is 120 Å². The summed E-state index contributed by atoms with van der Waals surface area (Å²) in [6.45, 7) is 4.24. The lowest BCUT2D eigenvalue weighted by Crippen LogP contribution is -2.00. The van der Waals surface area contributed by atoms with Gasteiger partial charge in [-0.2, -0.15) is 0 Å². The van der Waals surface area contributed by atoms with Gasteiger partial charge in [0.25, 0.3) is 0 Å². The third kappa shape index (κ3) is 8.58. The highest BCUT2D eigenvalue weighted by Crippen LogP contribution is 2.48. The van der Waals surface area contributed by atoms with Gasteiger partial charge in [-0.3, -0.25) is 9.13 Å². The first kappa shape index (κ1) is 54.4. The standard InChI is InChI=1S/C45H30N2O.C44H28N2O/c1-2-42-46-38-16-8-9-17-39(38)47(42)31-24-21-29(22-25-31)43-32-11-3-5-13-34(32)44(35-14-6-4-12-33(35)43)30-20-19-28-23-26-41-45(37(28)27-30)36-15-7-10-18-40(36)48-41;1-27-45-38-15-7-8-16-39(38)46(27)31-23-20-29(21-24-31)42-32-10-2-4-12-34(32)43(35-13-5-3-11-33(35)42)30-19-18-28-22-25-41-44(37(28)26-30)36-14-6-9-17-40(36)47-41/h3-27H,2H2,1H3;2-26H,1H3. The molecule has 16 aromatic carbocycles. The summed E-state index contributed by atoms with van der Waals surface area (Å²) in [4.78, 5) is 9.71. The molecule has 20 rings (SSSR count). The zero-order valence-corrected chi connectivity index (χ0v) is 52.2. The maximum atomic E-state index is 6.27. The predicted octanol–water partition coefficient (Wildman–Crippen LogP) is 24.3. The topological polar surface area (TPSA) is 61.9 Å². The first-order chi connectivity index (χ1) is 47.0. The molecule has 0 radical (unpaired) electrons. The molecule has 0 fully saturated rings. The van der Waals surface area contributed by atoms with Gasteiger partial charge in [0, 0.05) is 39.3 Å². The van der Waals surface area contributed by atoms with Crippen LogP contribution in [0.2, 0.25) is 0 Å². The number of nitrogens with zero attached hydrogens (tertiary/aromatic N) is 4. The molecule has 0 amide bonds. The third-order valence-corrected chi connectivity index (χ3v) is 19.7. The monoisotopic (exact) mass is 1210 g/mol. The summed E-state index contributed by atoms with van der Waals surface area (Å²) in [5.74, 6) is 2.05. The lowest BCUT2D eigenvalue weighted by atomic mass is 9.85. The molecule has 4 heterocycles. The minimum atomic E-state index is 0.865. The molecule has 95 heavy (non-hydrogen) atoms. The van der Waals surface area contributed by atoms with Crippen LogP contribution in [0.25, 0.3) is 186 Å². The van der Waals surface area contributed by atoms with Gasteiger partial charge in [0.1, 0.15) is 34.0 Å². The number of hydrogen-bond donors (Lipinski definition) is 0. The molecular formula is C89H58N4O2. The van der Waals surface area contributed by atoms with Crippen LogP contribution in [-0.4, -0.2) is 19.1 Å². The van der Waals surface area contributed by atoms with E-state index in [0.717, 1.165) is 84.6 Å². The van der Waals surface area contributed by atoms with E-state index in [1.807, 2.05) is 18.2 Å². The van der Waals surface area contributed by atoms with E-state index in [4.69, 9.17) is 18.8 Å². The Morgan fingerprint density at radius 2 is 0.611 bits per heavy atom. The molecule has 0 N–H and O–H groups in total. The second kappa shape index (κ2) is 21.6. The summed E-state index contributed by atoms with van der Waals surface area (Å²) >= 11 is 0. The number of para-hydroxylation sites is 6. The molecule has 0 aliphatic heterocycles. The maximum absolute atomic E-state index is 6.27. The van der Waals surface area contributed by atoms with E-state index < -0.39 is 0 Å². The lowest BCUT2D eigenvalue weighted by molar-refractivity contribution is 0.669. The molecule has 6 nitrogen and oxygen atoms in total. The molecule has 20 aromatic rings. The fraction of sp³-hybridized carbons (Fsp3) is 0.0337. The molecule has 446 valence electrons. The molecule has 0 aliphatic carbocycles. The maximum Gasteiger partial charge on any atom is 0.136 e. The first-order valence-corrected chi connectivity index (χ1v) is 32.7. The van der Waals surface area contributed by atoms with E-state index in [2.05, 4.69) is 308 Å². The van der Waals surface area contributed by atoms with Crippen molar-refractivity contribution < 1.29 is 8.83 Å². The number of hydrogen-bond acceptors (Lipinski definition) is 4. The van der Waals surface area contributed by atoms with Gasteiger partial charge in [-0.1, -0.05) is 225 Å². The molecule has 0 unspecified atom stereocenters. The van der Waals surface area contributed by atoms with Crippen LogP contribution in [0.15, 0.2) is 312 Å². The summed E-state index contributed by atoms with van der Waals surface area (Å²) < 4.78 is 17.1. The highest BCUT2D eigenvalue weighted by molar-refractivity contribution is 6.26. The summed E-state index contributed by atoms with van der Waals surface area (Å²) in [6.07, 6.45) is 0.865. The van der Waals surface area contributed by atoms with Crippen LogP contribution in [0.4, 0.5) is 0 Å². The Balaban J connectivity index is 0.000000134. The van der Waals surface area contributed by atoms with Gasteiger partial charge < -0.3 is 8.83 Å². The predicted molar refractivity (Wildman–Crippen MR) is 398 cm³/mol. The van der Waals surface area contributed by atoms with Crippen LogP contribution in [-0.2, 0) is 6.42 Å². The van der Waals surface area contributed by atoms with Gasteiger partial charge in [-0.25, -0.2) is 9.97 Å². The fourth-order valence-electron chi connectivity index (χ4n) is 15.5. The Hall–Kier alpha value is -12.4. The average Bonchev–Trinajstić information content (AvgIpc) is 1.32. The van der Waals surface area contributed by atoms with Crippen LogP contribution < -0.4 is 0 Å². The molecule has 4 aromatic heterocycles. The van der Waals surface area contributed by atoms with Crippen molar-refractivity contribution >= 4 is 131 Å². The number of fused-ring (bicyclic) bond motifs is 16. The molecule has 0 saturated heterocycles. The molecule has 0 spiro atoms. The average molecular weight is 1220 g/mol. The van der Waals surface area contributed by atoms with Crippen molar-refractivity contribution in [2.24, 2.45) is 0 Å². The van der Waals surface area contributed by atoms with E-state index >= 15 is 0 Å². The van der Waals surface area contributed by atoms with E-state index in [0.29, 0.717) is 0 Å². The molecule has 0 atom stereocenters. The minimum absolute atomic E-state index is 0.865. The summed E-state index contributed by atoms with van der Waals surface area (Å²) in [5, 5.41) is 19.4. The normalized spacial score (nSPS) is 11.9. The zero-order valence-electron chi connectivity index (χ0n) is 52.2. The quantitative estimate of drug-likeness (QED) is 0.149. The number of aryl methyl sites for hydroxylation is 2. The van der Waals surface area contributed by atoms with E-state index in [9.17, 15) is 0 Å². The van der Waals surface area contributed by atoms with Crippen LogP contribution >= 0.6 is 0 Å². The Morgan fingerprint density at radius 1 is 0.284 bits per heavy atom. The summed E-state index contributed by atoms with van der Waals surface area (Å²) in [7, 11) is 0. The molecule has 0 aliphatic rings. The van der Waals surface area contributed by atoms with Crippen molar-refractivity contribution in [1.82, 2.24) is 19.1 Å². The number of aromatic nitrogens is 4. The third-order valence-electron chi connectivity index (χ3n) is 19.7. The first-order valence-electron chi connectivity index (χ1n) is 32.7. The number of furan rings is 2.